The van der Waals surface area contributed by atoms with Crippen LogP contribution in [-0.2, 0) is 0 Å². The van der Waals surface area contributed by atoms with Gasteiger partial charge in [0.1, 0.15) is 11.3 Å². The van der Waals surface area contributed by atoms with Gasteiger partial charge < -0.3 is 4.40 Å². The van der Waals surface area contributed by atoms with Crippen LogP contribution in [0.1, 0.15) is 0 Å². The molecule has 4 aromatic heterocycles. The summed E-state index contributed by atoms with van der Waals surface area (Å²) >= 11 is 0. The highest BCUT2D eigenvalue weighted by Crippen LogP contribution is 2.46. The van der Waals surface area contributed by atoms with Crippen molar-refractivity contribution in [3.63, 3.8) is 0 Å². The predicted molar refractivity (Wildman–Crippen MR) is 140 cm³/mol. The molecule has 0 amide bonds. The summed E-state index contributed by atoms with van der Waals surface area (Å²) in [6, 6.07) is 29.9. The van der Waals surface area contributed by atoms with Crippen LogP contribution in [0.25, 0.3) is 65.7 Å². The number of nitro groups is 1. The number of nitrogens with zero attached hydrogens (tertiary/aromatic N) is 4. The van der Waals surface area contributed by atoms with Crippen molar-refractivity contribution < 1.29 is 4.92 Å². The van der Waals surface area contributed by atoms with Crippen LogP contribution in [0.2, 0.25) is 0 Å². The lowest BCUT2D eigenvalue weighted by Gasteiger charge is -2.08. The molecule has 164 valence electrons. The van der Waals surface area contributed by atoms with Gasteiger partial charge in [0.05, 0.1) is 27.0 Å². The fourth-order valence-electron chi connectivity index (χ4n) is 5.92. The van der Waals surface area contributed by atoms with E-state index < -0.39 is 0 Å². The number of aromatic nitrogens is 3. The van der Waals surface area contributed by atoms with E-state index in [0.717, 1.165) is 60.2 Å². The van der Waals surface area contributed by atoms with Gasteiger partial charge in [0, 0.05) is 39.2 Å². The average molecular weight is 452 g/mol. The standard InChI is InChI=1S/C29H16N4O2/c34-33(35)24-12-6-9-19-18-8-5-11-22-26(18)27-23(31(22)25-13-3-4-16-30-25)15-14-20-17-7-1-2-10-21(17)32(28(19)24)29(20)27/h1-16H. The average Bonchev–Trinajstić information content (AvgIpc) is 3.37. The minimum Gasteiger partial charge on any atom is -0.302 e. The van der Waals surface area contributed by atoms with Crippen molar-refractivity contribution >= 4 is 65.6 Å². The molecule has 4 heterocycles. The van der Waals surface area contributed by atoms with Crippen LogP contribution < -0.4 is 0 Å². The Bertz CT molecular complexity index is 2140. The molecule has 35 heavy (non-hydrogen) atoms. The Balaban J connectivity index is 1.83. The summed E-state index contributed by atoms with van der Waals surface area (Å²) in [5.74, 6) is 0.839. The summed E-state index contributed by atoms with van der Waals surface area (Å²) in [6.45, 7) is 0. The molecule has 6 heteroatoms. The molecule has 8 aromatic rings. The third kappa shape index (κ3) is 2.16. The lowest BCUT2D eigenvalue weighted by Crippen LogP contribution is -1.97. The molecule has 8 rings (SSSR count). The fourth-order valence-corrected chi connectivity index (χ4v) is 5.92. The Kier molecular flexibility index (Phi) is 3.34. The molecule has 0 unspecified atom stereocenters. The Labute approximate surface area is 197 Å². The van der Waals surface area contributed by atoms with Crippen molar-refractivity contribution in [3.8, 4) is 5.82 Å². The van der Waals surface area contributed by atoms with Crippen LogP contribution in [0, 0.1) is 10.1 Å². The van der Waals surface area contributed by atoms with Crippen LogP contribution in [-0.4, -0.2) is 18.9 Å². The lowest BCUT2D eigenvalue weighted by molar-refractivity contribution is -0.383. The molecule has 6 nitrogen and oxygen atoms in total. The smallest absolute Gasteiger partial charge is 0.293 e. The quantitative estimate of drug-likeness (QED) is 0.205. The third-order valence-corrected chi connectivity index (χ3v) is 7.19. The van der Waals surface area contributed by atoms with E-state index in [-0.39, 0.29) is 10.6 Å². The predicted octanol–water partition coefficient (Wildman–Crippen LogP) is 7.24. The maximum Gasteiger partial charge on any atom is 0.293 e. The second-order valence-electron chi connectivity index (χ2n) is 8.86. The Morgan fingerprint density at radius 3 is 2.20 bits per heavy atom. The van der Waals surface area contributed by atoms with Crippen molar-refractivity contribution in [2.45, 2.75) is 0 Å². The van der Waals surface area contributed by atoms with E-state index in [4.69, 9.17) is 0 Å². The summed E-state index contributed by atoms with van der Waals surface area (Å²) in [5.41, 5.74) is 4.71. The molecule has 0 saturated heterocycles. The highest BCUT2D eigenvalue weighted by Gasteiger charge is 2.25. The highest BCUT2D eigenvalue weighted by atomic mass is 16.6. The number of pyridine rings is 1. The first kappa shape index (κ1) is 18.5. The molecule has 0 aliphatic heterocycles. The van der Waals surface area contributed by atoms with Gasteiger partial charge >= 0.3 is 0 Å². The molecule has 0 spiro atoms. The van der Waals surface area contributed by atoms with E-state index in [0.29, 0.717) is 5.52 Å². The SMILES string of the molecule is O=[N+]([O-])c1cccc2c3cccc4c3c3c(ccc5c6ccccc6n(c12)c53)n4-c1ccccn1. The van der Waals surface area contributed by atoms with Crippen LogP contribution >= 0.6 is 0 Å². The van der Waals surface area contributed by atoms with E-state index in [1.165, 1.54) is 0 Å². The van der Waals surface area contributed by atoms with Gasteiger partial charge in [-0.2, -0.15) is 0 Å². The molecule has 0 atom stereocenters. The largest absolute Gasteiger partial charge is 0.302 e. The summed E-state index contributed by atoms with van der Waals surface area (Å²) in [5, 5.41) is 18.4. The topological polar surface area (TPSA) is 65.4 Å². The van der Waals surface area contributed by atoms with E-state index in [9.17, 15) is 10.1 Å². The minimum absolute atomic E-state index is 0.0990. The molecule has 0 fully saturated rings. The summed E-state index contributed by atoms with van der Waals surface area (Å²) in [7, 11) is 0. The Morgan fingerprint density at radius 2 is 1.34 bits per heavy atom. The molecule has 0 radical (unpaired) electrons. The van der Waals surface area contributed by atoms with Gasteiger partial charge in [-0.3, -0.25) is 14.7 Å². The number of hydrogen-bond donors (Lipinski definition) is 0. The summed E-state index contributed by atoms with van der Waals surface area (Å²) < 4.78 is 4.29. The summed E-state index contributed by atoms with van der Waals surface area (Å²) in [4.78, 5) is 16.7. The van der Waals surface area contributed by atoms with Crippen molar-refractivity contribution in [2.24, 2.45) is 0 Å². The number of rotatable bonds is 2. The zero-order valence-corrected chi connectivity index (χ0v) is 18.3. The summed E-state index contributed by atoms with van der Waals surface area (Å²) in [6.07, 6.45) is 1.80. The molecule has 0 aliphatic carbocycles. The third-order valence-electron chi connectivity index (χ3n) is 7.19. The molecule has 0 saturated carbocycles. The lowest BCUT2D eigenvalue weighted by atomic mass is 10.0. The van der Waals surface area contributed by atoms with Crippen LogP contribution in [0.5, 0.6) is 0 Å². The van der Waals surface area contributed by atoms with Crippen molar-refractivity contribution in [2.75, 3.05) is 0 Å². The number of fused-ring (bicyclic) bond motifs is 6. The van der Waals surface area contributed by atoms with E-state index >= 15 is 0 Å². The van der Waals surface area contributed by atoms with Gasteiger partial charge in [-0.15, -0.1) is 0 Å². The maximum absolute atomic E-state index is 12.3. The second-order valence-corrected chi connectivity index (χ2v) is 8.86. The Hall–Kier alpha value is -4.97. The minimum atomic E-state index is -0.274. The van der Waals surface area contributed by atoms with Crippen LogP contribution in [0.15, 0.2) is 97.2 Å². The molecule has 0 aliphatic rings. The highest BCUT2D eigenvalue weighted by molar-refractivity contribution is 6.33. The molecule has 0 bridgehead atoms. The first-order chi connectivity index (χ1) is 17.2. The van der Waals surface area contributed by atoms with Gasteiger partial charge in [0.25, 0.3) is 5.69 Å². The maximum atomic E-state index is 12.3. The monoisotopic (exact) mass is 452 g/mol. The van der Waals surface area contributed by atoms with E-state index in [2.05, 4.69) is 44.3 Å². The van der Waals surface area contributed by atoms with E-state index in [1.807, 2.05) is 48.5 Å². The fraction of sp³-hybridized carbons (Fsp3) is 0. The molecular weight excluding hydrogens is 436 g/mol. The number of benzene rings is 4. The van der Waals surface area contributed by atoms with Crippen LogP contribution in [0.4, 0.5) is 5.69 Å². The number of para-hydroxylation sites is 2. The first-order valence-corrected chi connectivity index (χ1v) is 11.4. The zero-order valence-electron chi connectivity index (χ0n) is 18.3. The normalized spacial score (nSPS) is 12.2. The van der Waals surface area contributed by atoms with Gasteiger partial charge in [-0.05, 0) is 35.7 Å². The second kappa shape index (κ2) is 6.33. The van der Waals surface area contributed by atoms with Gasteiger partial charge in [0.15, 0.2) is 0 Å². The van der Waals surface area contributed by atoms with E-state index in [1.54, 1.807) is 18.3 Å². The zero-order chi connectivity index (χ0) is 23.3. The molecule has 0 N–H and O–H groups in total. The molecule has 4 aromatic carbocycles. The van der Waals surface area contributed by atoms with Crippen molar-refractivity contribution in [1.29, 1.82) is 0 Å². The number of non-ortho nitro benzene ring substituents is 1. The molecular formula is C29H16N4O2. The number of hydrogen-bond acceptors (Lipinski definition) is 3. The van der Waals surface area contributed by atoms with Gasteiger partial charge in [-0.25, -0.2) is 4.98 Å². The Morgan fingerprint density at radius 1 is 0.629 bits per heavy atom. The van der Waals surface area contributed by atoms with Crippen molar-refractivity contribution in [1.82, 2.24) is 14.0 Å². The first-order valence-electron chi connectivity index (χ1n) is 11.4. The van der Waals surface area contributed by atoms with Crippen LogP contribution in [0.3, 0.4) is 0 Å². The number of nitro benzene ring substituents is 1. The van der Waals surface area contributed by atoms with Gasteiger partial charge in [0.2, 0.25) is 0 Å². The van der Waals surface area contributed by atoms with Gasteiger partial charge in [-0.1, -0.05) is 54.6 Å². The van der Waals surface area contributed by atoms with Crippen molar-refractivity contribution in [3.05, 3.63) is 107 Å².